The summed E-state index contributed by atoms with van der Waals surface area (Å²) in [6, 6.07) is 13.3. The maximum Gasteiger partial charge on any atom is 0.262 e. The minimum atomic E-state index is -0.698. The number of carbonyl (C=O) groups is 1. The Morgan fingerprint density at radius 1 is 0.951 bits per heavy atom. The van der Waals surface area contributed by atoms with E-state index in [-0.39, 0.29) is 35.3 Å². The van der Waals surface area contributed by atoms with Crippen molar-refractivity contribution in [3.8, 4) is 34.6 Å². The van der Waals surface area contributed by atoms with Crippen molar-refractivity contribution in [1.82, 2.24) is 14.8 Å². The lowest BCUT2D eigenvalue weighted by atomic mass is 10.1. The SMILES string of the molecule is CCOc1nn(-c2ccc(F)cc2C)cc1C(=O)Nc1ccc(Oc2ccnc3cc(OC)c(OC)cc23)c(F)c1. The average molecular weight is 561 g/mol. The van der Waals surface area contributed by atoms with Crippen LogP contribution < -0.4 is 24.3 Å². The molecule has 1 amide bonds. The Morgan fingerprint density at radius 2 is 1.73 bits per heavy atom. The molecule has 2 heterocycles. The van der Waals surface area contributed by atoms with Gasteiger partial charge in [0.25, 0.3) is 5.91 Å². The Hall–Kier alpha value is -5.19. The summed E-state index contributed by atoms with van der Waals surface area (Å²) in [5, 5.41) is 7.61. The fourth-order valence-electron chi connectivity index (χ4n) is 4.27. The summed E-state index contributed by atoms with van der Waals surface area (Å²) in [7, 11) is 3.04. The molecule has 0 aliphatic heterocycles. The van der Waals surface area contributed by atoms with E-state index < -0.39 is 11.7 Å². The van der Waals surface area contributed by atoms with Crippen molar-refractivity contribution < 1.29 is 32.5 Å². The van der Waals surface area contributed by atoms with E-state index in [2.05, 4.69) is 15.4 Å². The molecular formula is C30H26F2N4O5. The molecule has 0 aliphatic carbocycles. The van der Waals surface area contributed by atoms with Crippen LogP contribution in [0.1, 0.15) is 22.8 Å². The highest BCUT2D eigenvalue weighted by atomic mass is 19.1. The number of ether oxygens (including phenoxy) is 4. The molecule has 1 N–H and O–H groups in total. The highest BCUT2D eigenvalue weighted by Crippen LogP contribution is 2.37. The number of anilines is 1. The number of pyridine rings is 1. The van der Waals surface area contributed by atoms with Crippen molar-refractivity contribution in [2.45, 2.75) is 13.8 Å². The maximum atomic E-state index is 15.1. The first-order chi connectivity index (χ1) is 19.8. The second-order valence-electron chi connectivity index (χ2n) is 8.89. The van der Waals surface area contributed by atoms with Crippen molar-refractivity contribution >= 4 is 22.5 Å². The molecule has 9 nitrogen and oxygen atoms in total. The molecule has 3 aromatic carbocycles. The monoisotopic (exact) mass is 560 g/mol. The van der Waals surface area contributed by atoms with Crippen molar-refractivity contribution in [2.75, 3.05) is 26.1 Å². The molecule has 0 spiro atoms. The standard InChI is InChI=1S/C30H26F2N4O5/c1-5-40-30-21(16-36(35-30)24-8-6-18(31)12-17(24)2)29(37)34-19-7-9-26(22(32)13-19)41-25-10-11-33-23-15-28(39-4)27(38-3)14-20(23)25/h6-16H,5H2,1-4H3,(H,34,37). The number of hydrogen-bond acceptors (Lipinski definition) is 7. The van der Waals surface area contributed by atoms with Crippen molar-refractivity contribution in [1.29, 1.82) is 0 Å². The van der Waals surface area contributed by atoms with E-state index in [1.165, 1.54) is 49.4 Å². The number of amides is 1. The highest BCUT2D eigenvalue weighted by molar-refractivity contribution is 6.05. The fraction of sp³-hybridized carbons (Fsp3) is 0.167. The molecule has 0 atom stereocenters. The summed E-state index contributed by atoms with van der Waals surface area (Å²) < 4.78 is 52.3. The van der Waals surface area contributed by atoms with Crippen molar-refractivity contribution in [3.05, 3.63) is 89.8 Å². The zero-order valence-electron chi connectivity index (χ0n) is 22.7. The van der Waals surface area contributed by atoms with Gasteiger partial charge in [0, 0.05) is 35.6 Å². The second kappa shape index (κ2) is 11.5. The summed E-state index contributed by atoms with van der Waals surface area (Å²) in [5.74, 6) is -0.276. The number of methoxy groups -OCH3 is 2. The number of carbonyl (C=O) groups excluding carboxylic acids is 1. The van der Waals surface area contributed by atoms with Crippen molar-refractivity contribution in [3.63, 3.8) is 0 Å². The van der Waals surface area contributed by atoms with Crippen LogP contribution in [-0.2, 0) is 0 Å². The van der Waals surface area contributed by atoms with Gasteiger partial charge in [0.1, 0.15) is 17.1 Å². The lowest BCUT2D eigenvalue weighted by molar-refractivity contribution is 0.102. The van der Waals surface area contributed by atoms with Gasteiger partial charge in [-0.15, -0.1) is 5.10 Å². The molecule has 0 saturated carbocycles. The lowest BCUT2D eigenvalue weighted by Crippen LogP contribution is -2.13. The minimum Gasteiger partial charge on any atom is -0.493 e. The maximum absolute atomic E-state index is 15.1. The molecule has 0 bridgehead atoms. The highest BCUT2D eigenvalue weighted by Gasteiger charge is 2.20. The van der Waals surface area contributed by atoms with Gasteiger partial charge in [0.15, 0.2) is 23.1 Å². The van der Waals surface area contributed by atoms with Crippen LogP contribution in [0.25, 0.3) is 16.6 Å². The summed E-state index contributed by atoms with van der Waals surface area (Å²) >= 11 is 0. The number of nitrogens with one attached hydrogen (secondary N) is 1. The Kier molecular flexibility index (Phi) is 7.68. The molecular weight excluding hydrogens is 534 g/mol. The Labute approximate surface area is 234 Å². The van der Waals surface area contributed by atoms with Gasteiger partial charge in [-0.25, -0.2) is 13.5 Å². The smallest absolute Gasteiger partial charge is 0.262 e. The molecule has 5 rings (SSSR count). The molecule has 0 radical (unpaired) electrons. The number of nitrogens with zero attached hydrogens (tertiary/aromatic N) is 3. The molecule has 41 heavy (non-hydrogen) atoms. The quantitative estimate of drug-likeness (QED) is 0.221. The minimum absolute atomic E-state index is 0.0557. The largest absolute Gasteiger partial charge is 0.493 e. The molecule has 5 aromatic rings. The van der Waals surface area contributed by atoms with Gasteiger partial charge >= 0.3 is 0 Å². The molecule has 0 unspecified atom stereocenters. The number of benzene rings is 3. The molecule has 11 heteroatoms. The molecule has 210 valence electrons. The zero-order valence-corrected chi connectivity index (χ0v) is 22.7. The number of aryl methyl sites for hydroxylation is 1. The molecule has 0 aliphatic rings. The van der Waals surface area contributed by atoms with Crippen LogP contribution >= 0.6 is 0 Å². The summed E-state index contributed by atoms with van der Waals surface area (Å²) in [4.78, 5) is 17.5. The van der Waals surface area contributed by atoms with E-state index in [0.717, 1.165) is 6.07 Å². The molecule has 2 aromatic heterocycles. The Bertz CT molecular complexity index is 1760. The molecule has 0 saturated heterocycles. The summed E-state index contributed by atoms with van der Waals surface area (Å²) in [6.45, 7) is 3.76. The lowest BCUT2D eigenvalue weighted by Gasteiger charge is -2.13. The van der Waals surface area contributed by atoms with Gasteiger partial charge in [-0.05, 0) is 61.9 Å². The third-order valence-electron chi connectivity index (χ3n) is 6.23. The Balaban J connectivity index is 1.39. The zero-order chi connectivity index (χ0) is 29.1. The van der Waals surface area contributed by atoms with E-state index in [1.807, 2.05) is 0 Å². The van der Waals surface area contributed by atoms with Crippen LogP contribution in [0.3, 0.4) is 0 Å². The Morgan fingerprint density at radius 3 is 2.44 bits per heavy atom. The predicted octanol–water partition coefficient (Wildman–Crippen LogP) is 6.47. The summed E-state index contributed by atoms with van der Waals surface area (Å²) in [5.41, 5.74) is 2.10. The van der Waals surface area contributed by atoms with Crippen LogP contribution in [0.2, 0.25) is 0 Å². The van der Waals surface area contributed by atoms with E-state index in [9.17, 15) is 9.18 Å². The van der Waals surface area contributed by atoms with Crippen LogP contribution in [0.4, 0.5) is 14.5 Å². The first kappa shape index (κ1) is 27.4. The van der Waals surface area contributed by atoms with E-state index in [4.69, 9.17) is 18.9 Å². The van der Waals surface area contributed by atoms with Gasteiger partial charge in [0.05, 0.1) is 32.0 Å². The number of fused-ring (bicyclic) bond motifs is 1. The average Bonchev–Trinajstić information content (AvgIpc) is 3.37. The van der Waals surface area contributed by atoms with Crippen LogP contribution in [0, 0.1) is 18.6 Å². The summed E-state index contributed by atoms with van der Waals surface area (Å²) in [6.07, 6.45) is 3.02. The normalized spacial score (nSPS) is 10.9. The van der Waals surface area contributed by atoms with Crippen LogP contribution in [0.15, 0.2) is 67.0 Å². The first-order valence-electron chi connectivity index (χ1n) is 12.6. The number of halogens is 2. The predicted molar refractivity (Wildman–Crippen MR) is 149 cm³/mol. The van der Waals surface area contributed by atoms with Gasteiger partial charge in [-0.3, -0.25) is 9.78 Å². The van der Waals surface area contributed by atoms with E-state index in [1.54, 1.807) is 44.3 Å². The van der Waals surface area contributed by atoms with Gasteiger partial charge in [0.2, 0.25) is 5.88 Å². The van der Waals surface area contributed by atoms with Gasteiger partial charge in [-0.2, -0.15) is 0 Å². The second-order valence-corrected chi connectivity index (χ2v) is 8.89. The van der Waals surface area contributed by atoms with Crippen LogP contribution in [0.5, 0.6) is 28.9 Å². The van der Waals surface area contributed by atoms with Gasteiger partial charge in [-0.1, -0.05) is 0 Å². The number of aromatic nitrogens is 3. The number of rotatable bonds is 9. The van der Waals surface area contributed by atoms with E-state index in [0.29, 0.717) is 39.4 Å². The van der Waals surface area contributed by atoms with Crippen LogP contribution in [-0.4, -0.2) is 41.5 Å². The van der Waals surface area contributed by atoms with Crippen molar-refractivity contribution in [2.24, 2.45) is 0 Å². The topological polar surface area (TPSA) is 96.7 Å². The number of hydrogen-bond donors (Lipinski definition) is 1. The third kappa shape index (κ3) is 5.60. The fourth-order valence-corrected chi connectivity index (χ4v) is 4.27. The van der Waals surface area contributed by atoms with Gasteiger partial charge < -0.3 is 24.3 Å². The first-order valence-corrected chi connectivity index (χ1v) is 12.6. The van der Waals surface area contributed by atoms with E-state index >= 15 is 4.39 Å². The molecule has 0 fully saturated rings. The third-order valence-corrected chi connectivity index (χ3v) is 6.23.